The Morgan fingerprint density at radius 2 is 1.79 bits per heavy atom. The molecule has 2 aromatic rings. The van der Waals surface area contributed by atoms with Gasteiger partial charge in [0.1, 0.15) is 11.9 Å². The Balaban J connectivity index is 1.35. The van der Waals surface area contributed by atoms with Crippen LogP contribution in [0.5, 0.6) is 0 Å². The lowest BCUT2D eigenvalue weighted by atomic mass is 9.79. The highest BCUT2D eigenvalue weighted by molar-refractivity contribution is 6.62. The van der Waals surface area contributed by atoms with Gasteiger partial charge in [0.05, 0.1) is 36.2 Å². The van der Waals surface area contributed by atoms with Crippen LogP contribution in [0.4, 0.5) is 4.79 Å². The van der Waals surface area contributed by atoms with Crippen LogP contribution in [-0.4, -0.2) is 64.4 Å². The van der Waals surface area contributed by atoms with Gasteiger partial charge in [0.15, 0.2) is 0 Å². The van der Waals surface area contributed by atoms with Crippen LogP contribution in [-0.2, 0) is 18.8 Å². The van der Waals surface area contributed by atoms with E-state index in [1.165, 1.54) is 7.11 Å². The second kappa shape index (κ2) is 9.72. The molecule has 2 aliphatic heterocycles. The molecule has 5 rings (SSSR count). The van der Waals surface area contributed by atoms with Crippen LogP contribution < -0.4 is 10.8 Å². The number of amides is 2. The van der Waals surface area contributed by atoms with Gasteiger partial charge in [-0.15, -0.1) is 0 Å². The summed E-state index contributed by atoms with van der Waals surface area (Å²) in [6.45, 7) is 12.1. The lowest BCUT2D eigenvalue weighted by Gasteiger charge is -2.37. The second-order valence-electron chi connectivity index (χ2n) is 12.2. The minimum Gasteiger partial charge on any atom is -0.453 e. The number of alkyl carbamates (subject to hydrolysis) is 1. The van der Waals surface area contributed by atoms with E-state index in [2.05, 4.69) is 10.3 Å². The zero-order valence-corrected chi connectivity index (χ0v) is 23.4. The molecule has 4 atom stereocenters. The third kappa shape index (κ3) is 4.62. The summed E-state index contributed by atoms with van der Waals surface area (Å²) < 4.78 is 17.1. The Morgan fingerprint density at radius 3 is 2.39 bits per heavy atom. The first-order valence-corrected chi connectivity index (χ1v) is 13.6. The normalized spacial score (nSPS) is 26.2. The molecule has 2 N–H and O–H groups in total. The number of rotatable bonds is 6. The van der Waals surface area contributed by atoms with Gasteiger partial charge in [-0.2, -0.15) is 0 Å². The first-order valence-electron chi connectivity index (χ1n) is 13.6. The van der Waals surface area contributed by atoms with Crippen molar-refractivity contribution in [3.05, 3.63) is 36.3 Å². The van der Waals surface area contributed by atoms with Gasteiger partial charge in [0.2, 0.25) is 5.91 Å². The number of fused-ring (bicyclic) bond motifs is 2. The van der Waals surface area contributed by atoms with Gasteiger partial charge in [0, 0.05) is 6.04 Å². The molecule has 2 unspecified atom stereocenters. The molecule has 1 aliphatic carbocycles. The monoisotopic (exact) mass is 522 g/mol. The Morgan fingerprint density at radius 1 is 1.13 bits per heavy atom. The van der Waals surface area contributed by atoms with Crippen LogP contribution in [0.25, 0.3) is 11.3 Å². The average molecular weight is 522 g/mol. The fourth-order valence-electron chi connectivity index (χ4n) is 5.95. The van der Waals surface area contributed by atoms with E-state index in [-0.39, 0.29) is 35.1 Å². The van der Waals surface area contributed by atoms with E-state index in [1.807, 2.05) is 76.9 Å². The maximum absolute atomic E-state index is 13.7. The Kier molecular flexibility index (Phi) is 6.84. The third-order valence-corrected chi connectivity index (χ3v) is 8.85. The number of H-pyrrole nitrogens is 1. The average Bonchev–Trinajstić information content (AvgIpc) is 3.65. The molecule has 1 saturated carbocycles. The van der Waals surface area contributed by atoms with Crippen molar-refractivity contribution in [1.82, 2.24) is 20.2 Å². The molecule has 3 aliphatic rings. The maximum Gasteiger partial charge on any atom is 0.494 e. The topological polar surface area (TPSA) is 106 Å². The number of methoxy groups -OCH3 is 1. The number of hydrogen-bond acceptors (Lipinski definition) is 6. The SMILES string of the molecule is COC(=O)N[C@H](C(=O)N1C2CCC(C2)[C@H]1c1ncc(-c2ccc(B3OC(C)(C)C(C)(C)O3)cc2)[nH]1)C(C)C. The molecule has 204 valence electrons. The Labute approximate surface area is 225 Å². The number of hydrogen-bond donors (Lipinski definition) is 2. The van der Waals surface area contributed by atoms with Gasteiger partial charge in [0.25, 0.3) is 0 Å². The predicted molar refractivity (Wildman–Crippen MR) is 145 cm³/mol. The van der Waals surface area contributed by atoms with E-state index in [4.69, 9.17) is 19.0 Å². The molecule has 1 aromatic carbocycles. The van der Waals surface area contributed by atoms with Crippen molar-refractivity contribution in [3.8, 4) is 11.3 Å². The van der Waals surface area contributed by atoms with E-state index in [1.54, 1.807) is 0 Å². The summed E-state index contributed by atoms with van der Waals surface area (Å²) in [6.07, 6.45) is 4.24. The van der Waals surface area contributed by atoms with Crippen LogP contribution >= 0.6 is 0 Å². The van der Waals surface area contributed by atoms with Crippen molar-refractivity contribution in [1.29, 1.82) is 0 Å². The van der Waals surface area contributed by atoms with Gasteiger partial charge in [-0.3, -0.25) is 4.79 Å². The standard InChI is InChI=1S/C28H39BN4O5/c1-16(2)22(32-26(35)36-7)25(34)33-20-13-10-18(14-20)23(33)24-30-15-21(31-24)17-8-11-19(12-9-17)29-37-27(3,4)28(5,6)38-29/h8-9,11-12,15-16,18,20,22-23H,10,13-14H2,1-7H3,(H,30,31)(H,32,35)/t18?,20?,22-,23-/m0/s1. The maximum atomic E-state index is 13.7. The van der Waals surface area contributed by atoms with Crippen molar-refractivity contribution < 1.29 is 23.6 Å². The summed E-state index contributed by atoms with van der Waals surface area (Å²) in [5.41, 5.74) is 2.08. The van der Waals surface area contributed by atoms with E-state index >= 15 is 0 Å². The Hall–Kier alpha value is -2.85. The number of piperidine rings is 1. The van der Waals surface area contributed by atoms with Crippen LogP contribution in [0.15, 0.2) is 30.5 Å². The summed E-state index contributed by atoms with van der Waals surface area (Å²) in [7, 11) is 0.900. The zero-order valence-electron chi connectivity index (χ0n) is 23.4. The molecule has 3 fully saturated rings. The predicted octanol–water partition coefficient (Wildman–Crippen LogP) is 3.81. The third-order valence-electron chi connectivity index (χ3n) is 8.85. The Bertz CT molecular complexity index is 1180. The van der Waals surface area contributed by atoms with Gasteiger partial charge in [-0.1, -0.05) is 38.1 Å². The molecule has 0 radical (unpaired) electrons. The number of aromatic nitrogens is 2. The summed E-state index contributed by atoms with van der Waals surface area (Å²) >= 11 is 0. The largest absolute Gasteiger partial charge is 0.494 e. The number of nitrogens with zero attached hydrogens (tertiary/aromatic N) is 2. The van der Waals surface area contributed by atoms with Crippen molar-refractivity contribution in [2.45, 2.75) is 90.1 Å². The van der Waals surface area contributed by atoms with E-state index in [0.29, 0.717) is 5.92 Å². The molecule has 3 heterocycles. The molecule has 38 heavy (non-hydrogen) atoms. The summed E-state index contributed by atoms with van der Waals surface area (Å²) in [5.74, 6) is 0.985. The van der Waals surface area contributed by atoms with E-state index < -0.39 is 19.3 Å². The number of carbonyl (C=O) groups is 2. The number of imidazole rings is 1. The van der Waals surface area contributed by atoms with Crippen LogP contribution in [0.3, 0.4) is 0 Å². The highest BCUT2D eigenvalue weighted by Gasteiger charge is 2.52. The van der Waals surface area contributed by atoms with E-state index in [0.717, 1.165) is 41.8 Å². The number of likely N-dealkylation sites (tertiary alicyclic amines) is 1. The van der Waals surface area contributed by atoms with Crippen molar-refractivity contribution >= 4 is 24.6 Å². The lowest BCUT2D eigenvalue weighted by Crippen LogP contribution is -2.54. The van der Waals surface area contributed by atoms with Crippen molar-refractivity contribution in [3.63, 3.8) is 0 Å². The van der Waals surface area contributed by atoms with Crippen LogP contribution in [0.2, 0.25) is 0 Å². The molecule has 1 aromatic heterocycles. The number of benzene rings is 1. The molecule has 2 amide bonds. The van der Waals surface area contributed by atoms with Crippen molar-refractivity contribution in [2.24, 2.45) is 11.8 Å². The fourth-order valence-corrected chi connectivity index (χ4v) is 5.95. The number of nitrogens with one attached hydrogen (secondary N) is 2. The van der Waals surface area contributed by atoms with Crippen molar-refractivity contribution in [2.75, 3.05) is 7.11 Å². The smallest absolute Gasteiger partial charge is 0.453 e. The minimum atomic E-state index is -0.652. The van der Waals surface area contributed by atoms with Crippen LogP contribution in [0.1, 0.15) is 72.7 Å². The molecule has 2 saturated heterocycles. The van der Waals surface area contributed by atoms with Crippen LogP contribution in [0, 0.1) is 11.8 Å². The first kappa shape index (κ1) is 26.7. The molecule has 9 nitrogen and oxygen atoms in total. The van der Waals surface area contributed by atoms with Gasteiger partial charge < -0.3 is 29.2 Å². The number of aromatic amines is 1. The number of carbonyl (C=O) groups excluding carboxylic acids is 2. The molecule has 2 bridgehead atoms. The lowest BCUT2D eigenvalue weighted by molar-refractivity contribution is -0.139. The highest BCUT2D eigenvalue weighted by Crippen LogP contribution is 2.50. The summed E-state index contributed by atoms with van der Waals surface area (Å²) in [5, 5.41) is 2.74. The van der Waals surface area contributed by atoms with Gasteiger partial charge in [-0.05, 0) is 69.8 Å². The fraction of sp³-hybridized carbons (Fsp3) is 0.607. The minimum absolute atomic E-state index is 0.0731. The second-order valence-corrected chi connectivity index (χ2v) is 12.2. The zero-order chi connectivity index (χ0) is 27.4. The quantitative estimate of drug-likeness (QED) is 0.559. The molecule has 0 spiro atoms. The molecular formula is C28H39BN4O5. The highest BCUT2D eigenvalue weighted by atomic mass is 16.7. The summed E-state index contributed by atoms with van der Waals surface area (Å²) in [6, 6.07) is 7.49. The summed E-state index contributed by atoms with van der Waals surface area (Å²) in [4.78, 5) is 35.9. The molecular weight excluding hydrogens is 483 g/mol. The number of ether oxygens (including phenoxy) is 1. The molecule has 10 heteroatoms. The van der Waals surface area contributed by atoms with Gasteiger partial charge >= 0.3 is 13.2 Å². The van der Waals surface area contributed by atoms with Gasteiger partial charge in [-0.25, -0.2) is 9.78 Å². The first-order chi connectivity index (χ1) is 17.9. The van der Waals surface area contributed by atoms with E-state index in [9.17, 15) is 9.59 Å².